The monoisotopic (exact) mass is 1790 g/mol. The molecule has 130 heavy (non-hydrogen) atoms. The van der Waals surface area contributed by atoms with E-state index in [4.69, 9.17) is 0 Å². The summed E-state index contributed by atoms with van der Waals surface area (Å²) >= 11 is 0. The Labute approximate surface area is 813 Å². The van der Waals surface area contributed by atoms with Crippen molar-refractivity contribution in [2.75, 3.05) is 0 Å². The van der Waals surface area contributed by atoms with E-state index in [0.29, 0.717) is 0 Å². The molecule has 8 bridgehead atoms. The molecular formula is C130H228. The molecule has 0 heterocycles. The molecule has 0 N–H and O–H groups in total. The summed E-state index contributed by atoms with van der Waals surface area (Å²) in [7, 11) is 0. The van der Waals surface area contributed by atoms with Crippen LogP contribution in [-0.2, 0) is 0 Å². The Kier molecular flexibility index (Phi) is 37.1. The summed E-state index contributed by atoms with van der Waals surface area (Å²) < 4.78 is 0. The van der Waals surface area contributed by atoms with Crippen LogP contribution in [-0.4, -0.2) is 0 Å². The van der Waals surface area contributed by atoms with Gasteiger partial charge < -0.3 is 0 Å². The normalized spacial score (nSPS) is 47.1. The Balaban J connectivity index is 0.000000101. The summed E-state index contributed by atoms with van der Waals surface area (Å²) in [6.07, 6.45) is 127. The fourth-order valence-electron chi connectivity index (χ4n) is 42.6. The standard InChI is InChI=1S/2C15H26.C14H24.C12H20.C12H22.C11H18.2C11H20.2C10H18.C9H16/c1-13-6-11-14-7-2-4-9-15(14,12-13)10-5-3-8-14;1-11-6-7-14-9-12-4-2-3-5-13(12)10-15(14)8-11;1-10-5-4-8-13-12-7-3-2-6-11(12)9-14(10)13;1-8-6-9-7-12(8)11-5-3-2-4-10(9)11;1-11-6-5-9-12(10-11)7-3-2-4-8-12;1-7-5-8-6-11(7)10-4-2-3-9(8)10;1-9-5-6-10-3-2-4-11(7-9)8-10;1-10-5-8-11(9-10)6-3-2-4-7-11;1-8-2-3-9-4-5-10(6-8)7-9;1-9-4-7-10(8-9)5-2-3-6-10;1-8-3-6-9(7-8)4-2-5-9/h13H,2-12H2,1H3;11-15H,2-10H2,1H3;10-14H,2-9H2,1H3;8-12H,2-7H2,1H3;11H,2-10H2,1H3;7-11H,2-6H2,1H3;9-11H,2-8H2,1H3;10H,2-9H2,1H3;8-10H,2-7H2,1H3;9H,2-8H2,1H3;8H,2-7H2,1H3/t13-,14?,15?;11-,12?,13?,14?,15?;10-,11?,12?,13?,14?;8-,9?,10?,11?,12?;11-;7-,8?,9?,10?,11?;9-,10?,11?;10-;8-,9?,10?;9-;8-/m11111111111/s1. The topological polar surface area (TPSA) is 0 Å². The first-order chi connectivity index (χ1) is 63.1. The predicted molar refractivity (Wildman–Crippen MR) is 564 cm³/mol. The largest absolute Gasteiger partial charge is 0.0625 e. The van der Waals surface area contributed by atoms with Gasteiger partial charge in [-0.2, -0.15) is 0 Å². The fourth-order valence-corrected chi connectivity index (χ4v) is 42.6. The molecule has 27 aliphatic carbocycles. The molecule has 20 unspecified atom stereocenters. The highest BCUT2D eigenvalue weighted by atomic mass is 14.6. The first-order valence-electron chi connectivity index (χ1n) is 63.1. The highest BCUT2D eigenvalue weighted by Crippen LogP contribution is 2.68. The molecule has 27 aliphatic rings. The second-order valence-corrected chi connectivity index (χ2v) is 58.5. The van der Waals surface area contributed by atoms with Crippen molar-refractivity contribution in [3.8, 4) is 0 Å². The Morgan fingerprint density at radius 2 is 0.462 bits per heavy atom. The number of hydrogen-bond acceptors (Lipinski definition) is 0. The Morgan fingerprint density at radius 3 is 0.969 bits per heavy atom. The molecule has 0 amide bonds. The van der Waals surface area contributed by atoms with Crippen LogP contribution in [0, 0.1) is 216 Å². The molecule has 27 fully saturated rings. The average Bonchev–Trinajstić information content (AvgIpc) is 1.53. The van der Waals surface area contributed by atoms with Crippen molar-refractivity contribution in [2.45, 2.75) is 603 Å². The van der Waals surface area contributed by atoms with Crippen molar-refractivity contribution in [3.05, 3.63) is 0 Å². The summed E-state index contributed by atoms with van der Waals surface area (Å²) in [5, 5.41) is 0. The van der Waals surface area contributed by atoms with Crippen molar-refractivity contribution in [3.63, 3.8) is 0 Å². The van der Waals surface area contributed by atoms with Crippen LogP contribution in [0.5, 0.6) is 0 Å². The van der Waals surface area contributed by atoms with Crippen LogP contribution in [0.2, 0.25) is 0 Å². The third-order valence-corrected chi connectivity index (χ3v) is 49.2. The molecule has 0 radical (unpaired) electrons. The summed E-state index contributed by atoms with van der Waals surface area (Å²) in [5.41, 5.74) is 5.07. The van der Waals surface area contributed by atoms with Crippen molar-refractivity contribution in [1.82, 2.24) is 0 Å². The van der Waals surface area contributed by atoms with Gasteiger partial charge in [0.2, 0.25) is 0 Å². The zero-order valence-corrected chi connectivity index (χ0v) is 89.9. The molecule has 4 spiro atoms. The Bertz CT molecular complexity index is 3200. The second kappa shape index (κ2) is 47.5. The van der Waals surface area contributed by atoms with Crippen LogP contribution in [0.25, 0.3) is 0 Å². The van der Waals surface area contributed by atoms with Crippen molar-refractivity contribution in [1.29, 1.82) is 0 Å². The van der Waals surface area contributed by atoms with Gasteiger partial charge in [-0.3, -0.25) is 0 Å². The minimum Gasteiger partial charge on any atom is -0.0625 e. The van der Waals surface area contributed by atoms with E-state index >= 15 is 0 Å². The van der Waals surface area contributed by atoms with Gasteiger partial charge in [0, 0.05) is 0 Å². The van der Waals surface area contributed by atoms with Crippen LogP contribution < -0.4 is 0 Å². The molecule has 31 atom stereocenters. The van der Waals surface area contributed by atoms with E-state index in [1.54, 1.807) is 315 Å². The van der Waals surface area contributed by atoms with Gasteiger partial charge in [0.15, 0.2) is 0 Å². The zero-order chi connectivity index (χ0) is 89.9. The van der Waals surface area contributed by atoms with Crippen LogP contribution in [0.3, 0.4) is 0 Å². The first-order valence-corrected chi connectivity index (χ1v) is 63.1. The molecule has 0 aliphatic heterocycles. The molecule has 0 aromatic carbocycles. The van der Waals surface area contributed by atoms with E-state index in [1.807, 2.05) is 0 Å². The lowest BCUT2D eigenvalue weighted by Crippen LogP contribution is -2.50. The van der Waals surface area contributed by atoms with Crippen LogP contribution in [0.15, 0.2) is 0 Å². The van der Waals surface area contributed by atoms with Gasteiger partial charge in [0.05, 0.1) is 0 Å². The second-order valence-electron chi connectivity index (χ2n) is 58.5. The third-order valence-electron chi connectivity index (χ3n) is 49.2. The van der Waals surface area contributed by atoms with E-state index in [9.17, 15) is 0 Å². The summed E-state index contributed by atoms with van der Waals surface area (Å²) in [5.74, 6) is 34.5. The number of hydrogen-bond donors (Lipinski definition) is 0. The van der Waals surface area contributed by atoms with Crippen LogP contribution >= 0.6 is 0 Å². The summed E-state index contributed by atoms with van der Waals surface area (Å²) in [6.45, 7) is 27.1. The van der Waals surface area contributed by atoms with Crippen molar-refractivity contribution in [2.24, 2.45) is 216 Å². The molecule has 27 rings (SSSR count). The molecule has 0 aromatic heterocycles. The maximum absolute atomic E-state index is 2.52. The molecule has 27 saturated carbocycles. The lowest BCUT2D eigenvalue weighted by atomic mass is 9.44. The van der Waals surface area contributed by atoms with E-state index < -0.39 is 0 Å². The maximum Gasteiger partial charge on any atom is -0.0238 e. The molecule has 748 valence electrons. The van der Waals surface area contributed by atoms with Crippen LogP contribution in [0.1, 0.15) is 603 Å². The smallest absolute Gasteiger partial charge is 0.0238 e. The van der Waals surface area contributed by atoms with E-state index in [2.05, 4.69) is 76.2 Å². The zero-order valence-electron chi connectivity index (χ0n) is 89.9. The molecule has 0 nitrogen and oxygen atoms in total. The predicted octanol–water partition coefficient (Wildman–Crippen LogP) is 41.4. The fraction of sp³-hybridized carbons (Fsp3) is 1.00. The van der Waals surface area contributed by atoms with E-state index in [0.717, 1.165) is 186 Å². The highest BCUT2D eigenvalue weighted by Gasteiger charge is 2.57. The Hall–Kier alpha value is 0. The lowest BCUT2D eigenvalue weighted by Gasteiger charge is -2.61. The summed E-state index contributed by atoms with van der Waals surface area (Å²) in [4.78, 5) is 0. The molecule has 0 heteroatoms. The van der Waals surface area contributed by atoms with Gasteiger partial charge in [-0.1, -0.05) is 339 Å². The summed E-state index contributed by atoms with van der Waals surface area (Å²) in [6, 6.07) is 0. The molecule has 0 aromatic rings. The SMILES string of the molecule is C[C@@H]1CC2CC1C1CCCC21.C[C@@H]1CC2CC1C1CCCCC21.C[C@@H]1CCC2(CCC2)C1.C[C@@H]1CCC2(CCCC2)C1.C[C@@H]1CCC2(CCCCC2)C1.C[C@@H]1CCC23CCCCC2(CCCC3)C1.C[C@@H]1CCC2CC3CCCCC3CC2C1.C[C@@H]1CCC2CCC(C2)C1.C[C@@H]1CCC2CCCC(C2)C1.C[C@@H]1CCCC2(CCCCC2)C1.C[C@@H]1CCCC2C3CCCCC3CC21. The Morgan fingerprint density at radius 1 is 0.131 bits per heavy atom. The molecule has 0 saturated heterocycles. The molecular weight excluding hydrogens is 1560 g/mol. The minimum absolute atomic E-state index is 0.821. The third kappa shape index (κ3) is 25.8. The lowest BCUT2D eigenvalue weighted by molar-refractivity contribution is -0.105. The van der Waals surface area contributed by atoms with Gasteiger partial charge in [-0.05, 0) is 479 Å². The quantitative estimate of drug-likeness (QED) is 0.227. The van der Waals surface area contributed by atoms with Gasteiger partial charge in [-0.15, -0.1) is 0 Å². The first kappa shape index (κ1) is 101. The minimum atomic E-state index is 0.821. The maximum atomic E-state index is 2.52. The average molecular weight is 1790 g/mol. The van der Waals surface area contributed by atoms with Gasteiger partial charge in [0.1, 0.15) is 0 Å². The number of fused-ring (bicyclic) bond motifs is 19. The van der Waals surface area contributed by atoms with Gasteiger partial charge >= 0.3 is 0 Å². The van der Waals surface area contributed by atoms with Gasteiger partial charge in [0.25, 0.3) is 0 Å². The van der Waals surface area contributed by atoms with Crippen LogP contribution in [0.4, 0.5) is 0 Å². The van der Waals surface area contributed by atoms with E-state index in [1.165, 1.54) is 241 Å². The van der Waals surface area contributed by atoms with E-state index in [-0.39, 0.29) is 0 Å². The van der Waals surface area contributed by atoms with Crippen molar-refractivity contribution < 1.29 is 0 Å². The number of rotatable bonds is 0. The van der Waals surface area contributed by atoms with Gasteiger partial charge in [-0.25, -0.2) is 0 Å². The highest BCUT2D eigenvalue weighted by molar-refractivity contribution is 5.08. The van der Waals surface area contributed by atoms with Crippen molar-refractivity contribution >= 4 is 0 Å².